The maximum absolute atomic E-state index is 13.2. The van der Waals surface area contributed by atoms with Gasteiger partial charge in [-0.1, -0.05) is 45.2 Å². The first kappa shape index (κ1) is 23.9. The zero-order valence-electron chi connectivity index (χ0n) is 18.8. The summed E-state index contributed by atoms with van der Waals surface area (Å²) in [5.74, 6) is -0.190. The van der Waals surface area contributed by atoms with Crippen LogP contribution >= 0.6 is 11.8 Å². The first-order valence-corrected chi connectivity index (χ1v) is 14.3. The molecular weight excluding hydrogens is 436 g/mol. The van der Waals surface area contributed by atoms with E-state index in [9.17, 15) is 14.4 Å². The number of hydrogen-bond donors (Lipinski definition) is 1. The highest BCUT2D eigenvalue weighted by Crippen LogP contribution is 2.54. The highest BCUT2D eigenvalue weighted by molar-refractivity contribution is 8.04. The van der Waals surface area contributed by atoms with Gasteiger partial charge in [0.1, 0.15) is 12.0 Å². The van der Waals surface area contributed by atoms with E-state index < -0.39 is 15.2 Å². The van der Waals surface area contributed by atoms with Crippen molar-refractivity contribution in [2.45, 2.75) is 70.6 Å². The third-order valence-corrected chi connectivity index (χ3v) is 7.63. The lowest BCUT2D eigenvalue weighted by atomic mass is 9.77. The highest BCUT2D eigenvalue weighted by atomic mass is 32.2. The number of thioether (sulfide) groups is 1. The van der Waals surface area contributed by atoms with Crippen molar-refractivity contribution in [1.82, 2.24) is 10.2 Å². The molecule has 3 aliphatic rings. The molecule has 0 spiro atoms. The topological polar surface area (TPSA) is 94.2 Å². The van der Waals surface area contributed by atoms with Crippen LogP contribution in [0.5, 0.6) is 0 Å². The van der Waals surface area contributed by atoms with Crippen molar-refractivity contribution in [3.63, 3.8) is 0 Å². The second-order valence-electron chi connectivity index (χ2n) is 9.40. The molecule has 3 rings (SSSR count). The first-order valence-electron chi connectivity index (χ1n) is 10.7. The fourth-order valence-electron chi connectivity index (χ4n) is 4.09. The third-order valence-electron chi connectivity index (χ3n) is 5.42. The lowest BCUT2D eigenvalue weighted by molar-refractivity contribution is -0.160. The summed E-state index contributed by atoms with van der Waals surface area (Å²) in [7, 11) is -1.39. The molecule has 31 heavy (non-hydrogen) atoms. The van der Waals surface area contributed by atoms with Crippen molar-refractivity contribution in [2.24, 2.45) is 11.3 Å². The van der Waals surface area contributed by atoms with E-state index in [1.807, 2.05) is 0 Å². The predicted molar refractivity (Wildman–Crippen MR) is 120 cm³/mol. The molecule has 2 amide bonds. The van der Waals surface area contributed by atoms with Gasteiger partial charge in [0.2, 0.25) is 17.7 Å². The van der Waals surface area contributed by atoms with Gasteiger partial charge in [-0.25, -0.2) is 4.79 Å². The molecule has 172 valence electrons. The lowest BCUT2D eigenvalue weighted by Crippen LogP contribution is -2.64. The summed E-state index contributed by atoms with van der Waals surface area (Å²) in [6.45, 7) is 14.0. The maximum atomic E-state index is 13.2. The monoisotopic (exact) mass is 468 g/mol. The van der Waals surface area contributed by atoms with E-state index in [1.165, 1.54) is 17.8 Å². The van der Waals surface area contributed by atoms with Crippen LogP contribution in [0.25, 0.3) is 0 Å². The predicted octanol–water partition coefficient (Wildman–Crippen LogP) is 3.11. The second-order valence-corrected chi connectivity index (χ2v) is 13.0. The Kier molecular flexibility index (Phi) is 7.22. The molecule has 0 aromatic carbocycles. The number of β-lactam (4-membered cyclic amide) rings is 1. The zero-order chi connectivity index (χ0) is 22.9. The fourth-order valence-corrected chi connectivity index (χ4v) is 6.79. The Morgan fingerprint density at radius 2 is 2.10 bits per heavy atom. The van der Waals surface area contributed by atoms with Gasteiger partial charge in [-0.2, -0.15) is 0 Å². The molecule has 0 aliphatic carbocycles. The SMILES string of the molecule is C=CCOC(=O)OC1=C(C[C@H]2CCC(=O)N2)S[C@@H]2[C@@H](C(O[SiH](C)C)C(C)(C)C)C(=O)N12. The smallest absolute Gasteiger partial charge is 0.430 e. The first-order chi connectivity index (χ1) is 14.5. The normalized spacial score (nSPS) is 26.5. The molecule has 1 N–H and O–H groups in total. The zero-order valence-corrected chi connectivity index (χ0v) is 20.8. The van der Waals surface area contributed by atoms with E-state index >= 15 is 0 Å². The molecule has 10 heteroatoms. The Bertz CT molecular complexity index is 793. The van der Waals surface area contributed by atoms with E-state index in [0.717, 1.165) is 4.91 Å². The van der Waals surface area contributed by atoms with E-state index in [2.05, 4.69) is 45.8 Å². The number of amides is 2. The number of nitrogens with one attached hydrogen (secondary N) is 1. The van der Waals surface area contributed by atoms with Crippen LogP contribution in [0.4, 0.5) is 4.79 Å². The average molecular weight is 469 g/mol. The minimum absolute atomic E-state index is 0.0155. The van der Waals surface area contributed by atoms with Crippen molar-refractivity contribution < 1.29 is 28.3 Å². The minimum Gasteiger partial charge on any atom is -0.430 e. The summed E-state index contributed by atoms with van der Waals surface area (Å²) in [6, 6.07) is -0.0391. The van der Waals surface area contributed by atoms with Gasteiger partial charge < -0.3 is 19.2 Å². The Morgan fingerprint density at radius 3 is 2.65 bits per heavy atom. The molecular formula is C21H32N2O6SSi. The van der Waals surface area contributed by atoms with Crippen LogP contribution in [0, 0.1) is 11.3 Å². The van der Waals surface area contributed by atoms with Crippen LogP contribution in [0.1, 0.15) is 40.0 Å². The third kappa shape index (κ3) is 5.18. The van der Waals surface area contributed by atoms with Crippen molar-refractivity contribution in [1.29, 1.82) is 0 Å². The van der Waals surface area contributed by atoms with Gasteiger partial charge in [-0.15, -0.1) is 0 Å². The standard InChI is InChI=1S/C21H32N2O6SSi/c1-7-10-27-20(26)28-18-13(11-12-8-9-14(24)22-12)30-19-15(17(25)23(18)19)16(21(2,3)4)29-31(5)6/h7,12,15-16,19,31H,1,8-11H2,2-6H3,(H,22,24)/t12-,15+,16?,19-/m1/s1. The van der Waals surface area contributed by atoms with Crippen molar-refractivity contribution >= 4 is 38.8 Å². The van der Waals surface area contributed by atoms with Crippen molar-refractivity contribution in [3.05, 3.63) is 23.4 Å². The molecule has 8 nitrogen and oxygen atoms in total. The van der Waals surface area contributed by atoms with Gasteiger partial charge in [0.05, 0.1) is 16.9 Å². The number of ether oxygens (including phenoxy) is 2. The molecule has 0 bridgehead atoms. The number of fused-ring (bicyclic) bond motifs is 1. The molecule has 0 radical (unpaired) electrons. The summed E-state index contributed by atoms with van der Waals surface area (Å²) >= 11 is 1.52. The van der Waals surface area contributed by atoms with E-state index in [1.54, 1.807) is 4.90 Å². The molecule has 2 fully saturated rings. The van der Waals surface area contributed by atoms with Crippen molar-refractivity contribution in [2.75, 3.05) is 6.61 Å². The highest BCUT2D eigenvalue weighted by Gasteiger charge is 2.60. The Morgan fingerprint density at radius 1 is 1.39 bits per heavy atom. The van der Waals surface area contributed by atoms with E-state index in [4.69, 9.17) is 13.9 Å². The number of nitrogens with zero attached hydrogens (tertiary/aromatic N) is 1. The minimum atomic E-state index is -1.39. The fraction of sp³-hybridized carbons (Fsp3) is 0.667. The van der Waals surface area contributed by atoms with Crippen LogP contribution in [-0.2, 0) is 23.5 Å². The van der Waals surface area contributed by atoms with Crippen LogP contribution < -0.4 is 5.32 Å². The molecule has 3 aliphatic heterocycles. The molecule has 4 atom stereocenters. The van der Waals surface area contributed by atoms with Gasteiger partial charge in [0, 0.05) is 18.9 Å². The number of hydrogen-bond acceptors (Lipinski definition) is 7. The summed E-state index contributed by atoms with van der Waals surface area (Å²) in [6.07, 6.45) is 2.05. The quantitative estimate of drug-likeness (QED) is 0.253. The van der Waals surface area contributed by atoms with E-state index in [0.29, 0.717) is 19.3 Å². The molecule has 0 saturated carbocycles. The largest absolute Gasteiger partial charge is 0.515 e. The molecule has 0 aromatic rings. The average Bonchev–Trinajstić information content (AvgIpc) is 3.20. The number of carbonyl (C=O) groups is 3. The van der Waals surface area contributed by atoms with Crippen LogP contribution in [0.3, 0.4) is 0 Å². The summed E-state index contributed by atoms with van der Waals surface area (Å²) in [5.41, 5.74) is -0.212. The Balaban J connectivity index is 1.82. The van der Waals surface area contributed by atoms with Gasteiger partial charge in [-0.3, -0.25) is 14.5 Å². The van der Waals surface area contributed by atoms with E-state index in [-0.39, 0.29) is 53.2 Å². The van der Waals surface area contributed by atoms with Crippen molar-refractivity contribution in [3.8, 4) is 0 Å². The number of rotatable bonds is 8. The summed E-state index contributed by atoms with van der Waals surface area (Å²) in [4.78, 5) is 39.3. The molecule has 0 aromatic heterocycles. The Labute approximate surface area is 189 Å². The maximum Gasteiger partial charge on any atom is 0.515 e. The molecule has 1 unspecified atom stereocenters. The van der Waals surface area contributed by atoms with Gasteiger partial charge >= 0.3 is 6.16 Å². The van der Waals surface area contributed by atoms with Crippen LogP contribution in [0.2, 0.25) is 13.1 Å². The Hall–Kier alpha value is -1.78. The second kappa shape index (κ2) is 9.38. The molecule has 2 saturated heterocycles. The summed E-state index contributed by atoms with van der Waals surface area (Å²) in [5, 5.41) is 2.74. The van der Waals surface area contributed by atoms with Crippen LogP contribution in [0.15, 0.2) is 23.4 Å². The van der Waals surface area contributed by atoms with Gasteiger partial charge in [0.15, 0.2) is 9.04 Å². The lowest BCUT2D eigenvalue weighted by Gasteiger charge is -2.49. The van der Waals surface area contributed by atoms with Gasteiger partial charge in [0.25, 0.3) is 0 Å². The van der Waals surface area contributed by atoms with Crippen LogP contribution in [-0.4, -0.2) is 56.0 Å². The number of carbonyl (C=O) groups excluding carboxylic acids is 3. The summed E-state index contributed by atoms with van der Waals surface area (Å²) < 4.78 is 16.7. The molecule has 3 heterocycles. The van der Waals surface area contributed by atoms with Gasteiger partial charge in [-0.05, 0) is 24.9 Å².